The molecule has 1 saturated heterocycles. The summed E-state index contributed by atoms with van der Waals surface area (Å²) in [5.74, 6) is -0.0807. The van der Waals surface area contributed by atoms with Crippen LogP contribution in [-0.2, 0) is 16.6 Å². The number of nitrogens with one attached hydrogen (secondary N) is 1. The Morgan fingerprint density at radius 3 is 2.27 bits per heavy atom. The van der Waals surface area contributed by atoms with Crippen LogP contribution in [0.15, 0.2) is 53.4 Å². The summed E-state index contributed by atoms with van der Waals surface area (Å²) in [5.41, 5.74) is 2.59. The van der Waals surface area contributed by atoms with Gasteiger partial charge >= 0.3 is 0 Å². The highest BCUT2D eigenvalue weighted by Crippen LogP contribution is 2.21. The third-order valence-corrected chi connectivity index (χ3v) is 7.88. The normalized spacial score (nSPS) is 15.5. The molecule has 0 radical (unpaired) electrons. The van der Waals surface area contributed by atoms with Crippen LogP contribution in [0.1, 0.15) is 35.3 Å². The molecule has 0 atom stereocenters. The zero-order chi connectivity index (χ0) is 21.7. The van der Waals surface area contributed by atoms with E-state index in [-0.39, 0.29) is 10.8 Å². The van der Waals surface area contributed by atoms with Gasteiger partial charge in [0.05, 0.1) is 31.1 Å². The fraction of sp³-hybridized carbons (Fsp3) is 0.435. The second-order valence-corrected chi connectivity index (χ2v) is 9.71. The van der Waals surface area contributed by atoms with Crippen molar-refractivity contribution in [2.45, 2.75) is 32.2 Å². The number of hydrogen-bond acceptors (Lipinski definition) is 3. The highest BCUT2D eigenvalue weighted by atomic mass is 32.2. The molecule has 1 N–H and O–H groups in total. The van der Waals surface area contributed by atoms with E-state index in [1.54, 1.807) is 18.2 Å². The molecule has 0 unspecified atom stereocenters. The molecule has 1 heterocycles. The highest BCUT2D eigenvalue weighted by Gasteiger charge is 2.28. The number of nitrogens with zero attached hydrogens (tertiary/aromatic N) is 2. The Kier molecular flexibility index (Phi) is 7.28. The summed E-state index contributed by atoms with van der Waals surface area (Å²) < 4.78 is 27.2. The van der Waals surface area contributed by atoms with E-state index in [2.05, 4.69) is 24.3 Å². The number of carbonyl (C=O) groups excluding carboxylic acids is 1. The standard InChI is InChI=1S/C23H31N3O3S/c1-4-26(5-2)30(28,29)21-12-11-19(3)22(17-21)23(27)25-15-13-24(14-16-25)18-20-9-7-6-8-10-20/h6-12,17H,4-5,13-16,18H2,1-3H3/p+1. The third kappa shape index (κ3) is 4.91. The Balaban J connectivity index is 1.71. The van der Waals surface area contributed by atoms with Gasteiger partial charge in [0.15, 0.2) is 0 Å². The van der Waals surface area contributed by atoms with Gasteiger partial charge < -0.3 is 9.80 Å². The maximum Gasteiger partial charge on any atom is 0.254 e. The number of piperazine rings is 1. The van der Waals surface area contributed by atoms with Crippen molar-refractivity contribution >= 4 is 15.9 Å². The molecule has 0 aliphatic carbocycles. The van der Waals surface area contributed by atoms with Gasteiger partial charge in [0.25, 0.3) is 5.91 Å². The van der Waals surface area contributed by atoms with Crippen LogP contribution in [0.3, 0.4) is 0 Å². The predicted octanol–water partition coefficient (Wildman–Crippen LogP) is 1.57. The fourth-order valence-electron chi connectivity index (χ4n) is 3.96. The monoisotopic (exact) mass is 430 g/mol. The molecule has 30 heavy (non-hydrogen) atoms. The second kappa shape index (κ2) is 9.73. The number of hydrogen-bond donors (Lipinski definition) is 1. The Hall–Kier alpha value is -2.22. The Labute approximate surface area is 180 Å². The first-order chi connectivity index (χ1) is 14.4. The van der Waals surface area contributed by atoms with Crippen molar-refractivity contribution in [3.05, 3.63) is 65.2 Å². The number of aryl methyl sites for hydroxylation is 1. The van der Waals surface area contributed by atoms with E-state index in [0.717, 1.165) is 25.2 Å². The molecule has 2 aromatic rings. The van der Waals surface area contributed by atoms with Crippen LogP contribution in [0.25, 0.3) is 0 Å². The van der Waals surface area contributed by atoms with Crippen LogP contribution < -0.4 is 4.90 Å². The van der Waals surface area contributed by atoms with Crippen LogP contribution in [0.4, 0.5) is 0 Å². The Morgan fingerprint density at radius 2 is 1.67 bits per heavy atom. The van der Waals surface area contributed by atoms with E-state index < -0.39 is 10.0 Å². The van der Waals surface area contributed by atoms with Crippen LogP contribution in [-0.4, -0.2) is 62.8 Å². The molecule has 0 bridgehead atoms. The van der Waals surface area contributed by atoms with Crippen LogP contribution in [0.5, 0.6) is 0 Å². The van der Waals surface area contributed by atoms with Gasteiger partial charge in [-0.3, -0.25) is 4.79 Å². The van der Waals surface area contributed by atoms with Gasteiger partial charge in [-0.25, -0.2) is 8.42 Å². The second-order valence-electron chi connectivity index (χ2n) is 7.77. The summed E-state index contributed by atoms with van der Waals surface area (Å²) in [5, 5.41) is 0. The van der Waals surface area contributed by atoms with Crippen LogP contribution in [0.2, 0.25) is 0 Å². The number of benzene rings is 2. The van der Waals surface area contributed by atoms with Gasteiger partial charge in [-0.1, -0.05) is 50.2 Å². The lowest BCUT2D eigenvalue weighted by atomic mass is 10.1. The zero-order valence-corrected chi connectivity index (χ0v) is 18.9. The van der Waals surface area contributed by atoms with Crippen LogP contribution in [0, 0.1) is 6.92 Å². The van der Waals surface area contributed by atoms with E-state index in [4.69, 9.17) is 0 Å². The molecule has 0 aromatic heterocycles. The smallest absolute Gasteiger partial charge is 0.254 e. The molecule has 2 aromatic carbocycles. The van der Waals surface area contributed by atoms with Crippen LogP contribution >= 0.6 is 0 Å². The lowest BCUT2D eigenvalue weighted by Crippen LogP contribution is -3.13. The molecule has 162 valence electrons. The van der Waals surface area contributed by atoms with E-state index >= 15 is 0 Å². The Bertz CT molecular complexity index is 964. The van der Waals surface area contributed by atoms with E-state index in [1.807, 2.05) is 31.7 Å². The number of rotatable bonds is 7. The summed E-state index contributed by atoms with van der Waals surface area (Å²) in [4.78, 5) is 16.7. The summed E-state index contributed by atoms with van der Waals surface area (Å²) in [6.07, 6.45) is 0. The van der Waals surface area contributed by atoms with Crippen molar-refractivity contribution in [1.29, 1.82) is 0 Å². The molecule has 1 amide bonds. The summed E-state index contributed by atoms with van der Waals surface area (Å²) in [6, 6.07) is 15.3. The SMILES string of the molecule is CCN(CC)S(=O)(=O)c1ccc(C)c(C(=O)N2CC[NH+](Cc3ccccc3)CC2)c1. The number of amides is 1. The van der Waals surface area contributed by atoms with Crippen molar-refractivity contribution in [3.8, 4) is 0 Å². The summed E-state index contributed by atoms with van der Waals surface area (Å²) >= 11 is 0. The maximum atomic E-state index is 13.2. The van der Waals surface area contributed by atoms with Gasteiger partial charge in [-0.15, -0.1) is 0 Å². The van der Waals surface area contributed by atoms with Gasteiger partial charge in [0, 0.05) is 24.2 Å². The van der Waals surface area contributed by atoms with E-state index in [9.17, 15) is 13.2 Å². The van der Waals surface area contributed by atoms with Crippen molar-refractivity contribution in [3.63, 3.8) is 0 Å². The van der Waals surface area contributed by atoms with Gasteiger partial charge in [0.2, 0.25) is 10.0 Å². The molecular formula is C23H32N3O3S+. The fourth-order valence-corrected chi connectivity index (χ4v) is 5.45. The third-order valence-electron chi connectivity index (χ3n) is 5.84. The molecule has 3 rings (SSSR count). The molecule has 6 nitrogen and oxygen atoms in total. The van der Waals surface area contributed by atoms with Gasteiger partial charge in [-0.05, 0) is 24.6 Å². The van der Waals surface area contributed by atoms with E-state index in [0.29, 0.717) is 31.7 Å². The lowest BCUT2D eigenvalue weighted by Gasteiger charge is -2.32. The quantitative estimate of drug-likeness (QED) is 0.725. The first kappa shape index (κ1) is 22.5. The first-order valence-corrected chi connectivity index (χ1v) is 12.1. The highest BCUT2D eigenvalue weighted by molar-refractivity contribution is 7.89. The maximum absolute atomic E-state index is 13.2. The minimum Gasteiger partial charge on any atom is -0.328 e. The lowest BCUT2D eigenvalue weighted by molar-refractivity contribution is -0.917. The average Bonchev–Trinajstić information content (AvgIpc) is 2.75. The molecule has 7 heteroatoms. The summed E-state index contributed by atoms with van der Waals surface area (Å²) in [6.45, 7) is 10.4. The van der Waals surface area contributed by atoms with E-state index in [1.165, 1.54) is 14.8 Å². The average molecular weight is 431 g/mol. The predicted molar refractivity (Wildman–Crippen MR) is 118 cm³/mol. The molecule has 1 aliphatic heterocycles. The number of sulfonamides is 1. The topological polar surface area (TPSA) is 62.1 Å². The molecule has 1 aliphatic rings. The van der Waals surface area contributed by atoms with Gasteiger partial charge in [-0.2, -0.15) is 4.31 Å². The minimum absolute atomic E-state index is 0.0807. The molecular weight excluding hydrogens is 398 g/mol. The molecule has 0 saturated carbocycles. The largest absolute Gasteiger partial charge is 0.328 e. The van der Waals surface area contributed by atoms with Gasteiger partial charge in [0.1, 0.15) is 6.54 Å². The Morgan fingerprint density at radius 1 is 1.03 bits per heavy atom. The summed E-state index contributed by atoms with van der Waals surface area (Å²) in [7, 11) is -3.59. The minimum atomic E-state index is -3.59. The molecule has 1 fully saturated rings. The number of carbonyl (C=O) groups is 1. The van der Waals surface area contributed by atoms with Crippen molar-refractivity contribution < 1.29 is 18.1 Å². The first-order valence-electron chi connectivity index (χ1n) is 10.6. The van der Waals surface area contributed by atoms with Crippen molar-refractivity contribution in [2.24, 2.45) is 0 Å². The van der Waals surface area contributed by atoms with Crippen molar-refractivity contribution in [1.82, 2.24) is 9.21 Å². The van der Waals surface area contributed by atoms with Crippen molar-refractivity contribution in [2.75, 3.05) is 39.3 Å². The number of quaternary nitrogens is 1. The zero-order valence-electron chi connectivity index (χ0n) is 18.1. The molecule has 0 spiro atoms.